The van der Waals surface area contributed by atoms with Gasteiger partial charge in [-0.05, 0) is 25.0 Å². The van der Waals surface area contributed by atoms with Crippen LogP contribution < -0.4 is 5.32 Å². The van der Waals surface area contributed by atoms with Crippen molar-refractivity contribution in [3.63, 3.8) is 0 Å². The molecule has 0 aromatic carbocycles. The maximum Gasteiger partial charge on any atom is 0.150 e. The van der Waals surface area contributed by atoms with Gasteiger partial charge in [-0.2, -0.15) is 0 Å². The molecule has 0 atom stereocenters. The molecule has 1 saturated carbocycles. The first kappa shape index (κ1) is 8.33. The van der Waals surface area contributed by atoms with Crippen molar-refractivity contribution in [2.75, 3.05) is 5.32 Å². The Balaban J connectivity index is 1.92. The highest BCUT2D eigenvalue weighted by Crippen LogP contribution is 2.42. The number of hydrogen-bond acceptors (Lipinski definition) is 3. The number of nitrogens with one attached hydrogen (secondary N) is 1. The number of rotatable bonds is 1. The first-order valence-electron chi connectivity index (χ1n) is 5.69. The Kier molecular flexibility index (Phi) is 1.48. The van der Waals surface area contributed by atoms with E-state index < -0.39 is 0 Å². The Morgan fingerprint density at radius 2 is 2.25 bits per heavy atom. The van der Waals surface area contributed by atoms with E-state index in [0.717, 1.165) is 18.1 Å². The van der Waals surface area contributed by atoms with E-state index in [-0.39, 0.29) is 0 Å². The Bertz CT molecular complexity index is 554. The average Bonchev–Trinajstić information content (AvgIpc) is 3.08. The lowest BCUT2D eigenvalue weighted by atomic mass is 10.2. The predicted octanol–water partition coefficient (Wildman–Crippen LogP) is 2.07. The zero-order valence-electron chi connectivity index (χ0n) is 8.85. The van der Waals surface area contributed by atoms with E-state index in [1.54, 1.807) is 0 Å². The van der Waals surface area contributed by atoms with E-state index in [9.17, 15) is 0 Å². The Hall–Kier alpha value is -1.84. The molecule has 0 radical (unpaired) electrons. The summed E-state index contributed by atoms with van der Waals surface area (Å²) < 4.78 is 2.17. The second-order valence-corrected chi connectivity index (χ2v) is 4.45. The Morgan fingerprint density at radius 3 is 3.12 bits per heavy atom. The van der Waals surface area contributed by atoms with Crippen molar-refractivity contribution in [1.82, 2.24) is 14.5 Å². The lowest BCUT2D eigenvalue weighted by Crippen LogP contribution is -2.16. The van der Waals surface area contributed by atoms with Gasteiger partial charge >= 0.3 is 0 Å². The highest BCUT2D eigenvalue weighted by Gasteiger charge is 2.31. The van der Waals surface area contributed by atoms with Crippen LogP contribution >= 0.6 is 0 Å². The van der Waals surface area contributed by atoms with Crippen LogP contribution in [0.5, 0.6) is 0 Å². The largest absolute Gasteiger partial charge is 0.363 e. The molecular weight excluding hydrogens is 200 g/mol. The van der Waals surface area contributed by atoms with Gasteiger partial charge in [-0.1, -0.05) is 0 Å². The summed E-state index contributed by atoms with van der Waals surface area (Å²) in [6.07, 6.45) is 6.34. The maximum absolute atomic E-state index is 4.55. The smallest absolute Gasteiger partial charge is 0.150 e. The monoisotopic (exact) mass is 212 g/mol. The van der Waals surface area contributed by atoms with Crippen molar-refractivity contribution in [1.29, 1.82) is 0 Å². The standard InChI is InChI=1S/C12H12N4/c1-2-9-12(13-5-1)14-6-10-11(8-3-4-8)15-7-16(9)10/h1-2,5,7-8H,3-4,6H2,(H,13,14). The molecule has 0 unspecified atom stereocenters. The molecule has 0 bridgehead atoms. The first-order chi connectivity index (χ1) is 7.93. The summed E-state index contributed by atoms with van der Waals surface area (Å²) in [4.78, 5) is 8.88. The molecule has 0 amide bonds. The molecule has 0 spiro atoms. The summed E-state index contributed by atoms with van der Waals surface area (Å²) in [7, 11) is 0. The molecule has 1 aliphatic heterocycles. The van der Waals surface area contributed by atoms with Gasteiger partial charge in [-0.15, -0.1) is 0 Å². The zero-order valence-corrected chi connectivity index (χ0v) is 8.85. The summed E-state index contributed by atoms with van der Waals surface area (Å²) >= 11 is 0. The average molecular weight is 212 g/mol. The highest BCUT2D eigenvalue weighted by molar-refractivity contribution is 5.59. The van der Waals surface area contributed by atoms with Crippen molar-refractivity contribution < 1.29 is 0 Å². The molecule has 80 valence electrons. The van der Waals surface area contributed by atoms with Gasteiger partial charge in [0, 0.05) is 12.1 Å². The van der Waals surface area contributed by atoms with Crippen molar-refractivity contribution in [2.24, 2.45) is 0 Å². The van der Waals surface area contributed by atoms with Crippen molar-refractivity contribution >= 4 is 5.82 Å². The van der Waals surface area contributed by atoms with Crippen molar-refractivity contribution in [2.45, 2.75) is 25.3 Å². The summed E-state index contributed by atoms with van der Waals surface area (Å²) in [6.45, 7) is 0.843. The SMILES string of the molecule is c1cnc2c(c1)-n1cnc(C3CC3)c1CN2. The third-order valence-corrected chi connectivity index (χ3v) is 3.33. The molecule has 2 aromatic heterocycles. The molecule has 16 heavy (non-hydrogen) atoms. The van der Waals surface area contributed by atoms with Gasteiger partial charge in [0.05, 0.1) is 29.9 Å². The van der Waals surface area contributed by atoms with Crippen LogP contribution in [0, 0.1) is 0 Å². The molecule has 1 fully saturated rings. The summed E-state index contributed by atoms with van der Waals surface area (Å²) in [6, 6.07) is 4.04. The topological polar surface area (TPSA) is 42.7 Å². The maximum atomic E-state index is 4.55. The molecular formula is C12H12N4. The van der Waals surface area contributed by atoms with Gasteiger partial charge in [-0.25, -0.2) is 9.97 Å². The number of anilines is 1. The van der Waals surface area contributed by atoms with Crippen LogP contribution in [-0.2, 0) is 6.54 Å². The van der Waals surface area contributed by atoms with Gasteiger partial charge in [0.25, 0.3) is 0 Å². The molecule has 4 heteroatoms. The van der Waals surface area contributed by atoms with E-state index in [0.29, 0.717) is 5.92 Å². The normalized spacial score (nSPS) is 17.5. The van der Waals surface area contributed by atoms with Gasteiger partial charge in [0.15, 0.2) is 5.82 Å². The number of hydrogen-bond donors (Lipinski definition) is 1. The second-order valence-electron chi connectivity index (χ2n) is 4.45. The van der Waals surface area contributed by atoms with Crippen LogP contribution in [0.25, 0.3) is 5.69 Å². The first-order valence-corrected chi connectivity index (χ1v) is 5.69. The molecule has 3 heterocycles. The fourth-order valence-corrected chi connectivity index (χ4v) is 2.36. The number of nitrogens with zero attached hydrogens (tertiary/aromatic N) is 3. The number of fused-ring (bicyclic) bond motifs is 3. The Morgan fingerprint density at radius 1 is 1.31 bits per heavy atom. The summed E-state index contributed by atoms with van der Waals surface area (Å²) in [5, 5.41) is 3.36. The molecule has 2 aromatic rings. The number of pyridine rings is 1. The lowest BCUT2D eigenvalue weighted by molar-refractivity contribution is 0.869. The molecule has 1 N–H and O–H groups in total. The lowest BCUT2D eigenvalue weighted by Gasteiger charge is -2.19. The third-order valence-electron chi connectivity index (χ3n) is 3.33. The fraction of sp³-hybridized carbons (Fsp3) is 0.333. The van der Waals surface area contributed by atoms with Gasteiger partial charge < -0.3 is 5.32 Å². The third kappa shape index (κ3) is 1.04. The highest BCUT2D eigenvalue weighted by atomic mass is 15.2. The van der Waals surface area contributed by atoms with Crippen LogP contribution in [0.15, 0.2) is 24.7 Å². The van der Waals surface area contributed by atoms with Gasteiger partial charge in [0.1, 0.15) is 0 Å². The fourth-order valence-electron chi connectivity index (χ4n) is 2.36. The number of imidazole rings is 1. The molecule has 0 saturated heterocycles. The van der Waals surface area contributed by atoms with Crippen molar-refractivity contribution in [3.8, 4) is 5.69 Å². The second kappa shape index (κ2) is 2.84. The molecule has 1 aliphatic carbocycles. The van der Waals surface area contributed by atoms with E-state index in [1.807, 2.05) is 18.6 Å². The molecule has 4 nitrogen and oxygen atoms in total. The Labute approximate surface area is 93.3 Å². The van der Waals surface area contributed by atoms with Gasteiger partial charge in [0.2, 0.25) is 0 Å². The van der Waals surface area contributed by atoms with Gasteiger partial charge in [-0.3, -0.25) is 4.57 Å². The zero-order chi connectivity index (χ0) is 10.5. The molecule has 4 rings (SSSR count). The predicted molar refractivity (Wildman–Crippen MR) is 60.7 cm³/mol. The number of aromatic nitrogens is 3. The van der Waals surface area contributed by atoms with Crippen LogP contribution in [0.1, 0.15) is 30.1 Å². The minimum Gasteiger partial charge on any atom is -0.363 e. The van der Waals surface area contributed by atoms with Crippen LogP contribution in [0.3, 0.4) is 0 Å². The summed E-state index contributed by atoms with van der Waals surface area (Å²) in [5.41, 5.74) is 3.70. The van der Waals surface area contributed by atoms with E-state index >= 15 is 0 Å². The van der Waals surface area contributed by atoms with Crippen LogP contribution in [0.4, 0.5) is 5.82 Å². The molecule has 2 aliphatic rings. The van der Waals surface area contributed by atoms with E-state index in [2.05, 4.69) is 25.9 Å². The minimum absolute atomic E-state index is 0.705. The van der Waals surface area contributed by atoms with E-state index in [1.165, 1.54) is 24.2 Å². The van der Waals surface area contributed by atoms with E-state index in [4.69, 9.17) is 0 Å². The van der Waals surface area contributed by atoms with Crippen LogP contribution in [-0.4, -0.2) is 14.5 Å². The summed E-state index contributed by atoms with van der Waals surface area (Å²) in [5.74, 6) is 1.66. The quantitative estimate of drug-likeness (QED) is 0.786. The van der Waals surface area contributed by atoms with Crippen molar-refractivity contribution in [3.05, 3.63) is 36.0 Å². The minimum atomic E-state index is 0.705. The van der Waals surface area contributed by atoms with Crippen LogP contribution in [0.2, 0.25) is 0 Å².